The van der Waals surface area contributed by atoms with E-state index in [-0.39, 0.29) is 5.56 Å². The van der Waals surface area contributed by atoms with Gasteiger partial charge in [0.1, 0.15) is 0 Å². The molecule has 0 radical (unpaired) electrons. The second kappa shape index (κ2) is 6.21. The third-order valence-corrected chi connectivity index (χ3v) is 3.13. The Balaban J connectivity index is 2.14. The van der Waals surface area contributed by atoms with E-state index in [0.717, 1.165) is 12.1 Å². The van der Waals surface area contributed by atoms with Crippen LogP contribution in [0.2, 0.25) is 0 Å². The molecule has 104 valence electrons. The fraction of sp³-hybridized carbons (Fsp3) is 0.188. The minimum atomic E-state index is -0.980. The molecule has 4 heteroatoms. The largest absolute Gasteiger partial charge is 0.478 e. The maximum Gasteiger partial charge on any atom is 0.338 e. The highest BCUT2D eigenvalue weighted by Gasteiger charge is 2.14. The molecule has 0 fully saturated rings. The molecule has 0 heterocycles. The molecule has 3 N–H and O–H groups in total. The van der Waals surface area contributed by atoms with Gasteiger partial charge in [-0.25, -0.2) is 4.79 Å². The van der Waals surface area contributed by atoms with E-state index in [1.54, 1.807) is 18.2 Å². The first-order valence-electron chi connectivity index (χ1n) is 6.41. The topological polar surface area (TPSA) is 66.6 Å². The van der Waals surface area contributed by atoms with Gasteiger partial charge >= 0.3 is 5.97 Å². The minimum absolute atomic E-state index is 0.201. The van der Waals surface area contributed by atoms with Crippen LogP contribution in [0.1, 0.15) is 21.5 Å². The molecule has 2 aromatic rings. The highest BCUT2D eigenvalue weighted by molar-refractivity contribution is 5.95. The van der Waals surface area contributed by atoms with E-state index in [1.165, 1.54) is 5.56 Å². The Morgan fingerprint density at radius 3 is 2.45 bits per heavy atom. The van der Waals surface area contributed by atoms with Gasteiger partial charge in [0.15, 0.2) is 0 Å². The quantitative estimate of drug-likeness (QED) is 0.820. The van der Waals surface area contributed by atoms with E-state index in [1.807, 2.05) is 37.4 Å². The molecule has 20 heavy (non-hydrogen) atoms. The summed E-state index contributed by atoms with van der Waals surface area (Å²) in [7, 11) is 1.96. The zero-order chi connectivity index (χ0) is 14.5. The molecule has 0 saturated carbocycles. The third kappa shape index (κ3) is 3.36. The number of benzene rings is 2. The summed E-state index contributed by atoms with van der Waals surface area (Å²) in [6.45, 7) is 1.30. The van der Waals surface area contributed by atoms with Crippen LogP contribution in [0.25, 0.3) is 0 Å². The average molecular weight is 270 g/mol. The first-order chi connectivity index (χ1) is 9.58. The van der Waals surface area contributed by atoms with Crippen molar-refractivity contribution in [1.82, 2.24) is 4.90 Å². The SMILES string of the molecule is CN(Cc1ccccc1)Cc1cccc(N)c1C(=O)O. The van der Waals surface area contributed by atoms with Crippen molar-refractivity contribution in [2.24, 2.45) is 0 Å². The van der Waals surface area contributed by atoms with Crippen molar-refractivity contribution in [1.29, 1.82) is 0 Å². The molecule has 0 saturated heterocycles. The molecule has 0 unspecified atom stereocenters. The van der Waals surface area contributed by atoms with Crippen molar-refractivity contribution < 1.29 is 9.90 Å². The van der Waals surface area contributed by atoms with Crippen LogP contribution < -0.4 is 5.73 Å². The van der Waals surface area contributed by atoms with Crippen molar-refractivity contribution >= 4 is 11.7 Å². The van der Waals surface area contributed by atoms with Crippen LogP contribution in [0, 0.1) is 0 Å². The van der Waals surface area contributed by atoms with Gasteiger partial charge in [-0.15, -0.1) is 0 Å². The standard InChI is InChI=1S/C16H18N2O2/c1-18(10-12-6-3-2-4-7-12)11-13-8-5-9-14(17)15(13)16(19)20/h2-9H,10-11,17H2,1H3,(H,19,20). The molecule has 0 bridgehead atoms. The number of rotatable bonds is 5. The second-order valence-corrected chi connectivity index (χ2v) is 4.84. The Bertz CT molecular complexity index is 597. The first-order valence-corrected chi connectivity index (χ1v) is 6.41. The van der Waals surface area contributed by atoms with Gasteiger partial charge in [-0.1, -0.05) is 42.5 Å². The van der Waals surface area contributed by atoms with Crippen molar-refractivity contribution in [3.8, 4) is 0 Å². The number of nitrogens with two attached hydrogens (primary N) is 1. The number of nitrogens with zero attached hydrogens (tertiary/aromatic N) is 1. The fourth-order valence-electron chi connectivity index (χ4n) is 2.25. The van der Waals surface area contributed by atoms with Gasteiger partial charge in [-0.2, -0.15) is 0 Å². The van der Waals surface area contributed by atoms with Crippen LogP contribution in [0.4, 0.5) is 5.69 Å². The normalized spacial score (nSPS) is 10.7. The Morgan fingerprint density at radius 2 is 1.80 bits per heavy atom. The number of aromatic carboxylic acids is 1. The molecule has 0 aromatic heterocycles. The lowest BCUT2D eigenvalue weighted by atomic mass is 10.0. The predicted octanol–water partition coefficient (Wildman–Crippen LogP) is 2.60. The number of carboxylic acid groups (broad SMARTS) is 1. The molecular weight excluding hydrogens is 252 g/mol. The van der Waals surface area contributed by atoms with Gasteiger partial charge in [-0.05, 0) is 24.2 Å². The molecule has 0 aliphatic carbocycles. The van der Waals surface area contributed by atoms with Gasteiger partial charge < -0.3 is 10.8 Å². The lowest BCUT2D eigenvalue weighted by Crippen LogP contribution is -2.19. The third-order valence-electron chi connectivity index (χ3n) is 3.13. The van der Waals surface area contributed by atoms with Crippen molar-refractivity contribution in [3.63, 3.8) is 0 Å². The van der Waals surface area contributed by atoms with E-state index in [2.05, 4.69) is 4.90 Å². The van der Waals surface area contributed by atoms with Gasteiger partial charge in [0, 0.05) is 18.8 Å². The number of carboxylic acids is 1. The van der Waals surface area contributed by atoms with E-state index in [0.29, 0.717) is 12.2 Å². The highest BCUT2D eigenvalue weighted by Crippen LogP contribution is 2.19. The Labute approximate surface area is 118 Å². The van der Waals surface area contributed by atoms with Gasteiger partial charge in [-0.3, -0.25) is 4.90 Å². The number of anilines is 1. The number of hydrogen-bond donors (Lipinski definition) is 2. The number of nitrogen functional groups attached to an aromatic ring is 1. The maximum absolute atomic E-state index is 11.3. The zero-order valence-electron chi connectivity index (χ0n) is 11.4. The van der Waals surface area contributed by atoms with Crippen LogP contribution in [-0.4, -0.2) is 23.0 Å². The van der Waals surface area contributed by atoms with Crippen molar-refractivity contribution in [2.45, 2.75) is 13.1 Å². The van der Waals surface area contributed by atoms with Crippen molar-refractivity contribution in [2.75, 3.05) is 12.8 Å². The molecule has 4 nitrogen and oxygen atoms in total. The minimum Gasteiger partial charge on any atom is -0.478 e. The number of carbonyl (C=O) groups is 1. The van der Waals surface area contributed by atoms with Gasteiger partial charge in [0.2, 0.25) is 0 Å². The Morgan fingerprint density at radius 1 is 1.10 bits per heavy atom. The molecule has 2 rings (SSSR count). The van der Waals surface area contributed by atoms with Gasteiger partial charge in [0.25, 0.3) is 0 Å². The summed E-state index contributed by atoms with van der Waals surface area (Å²) < 4.78 is 0. The molecule has 0 spiro atoms. The van der Waals surface area contributed by atoms with Crippen LogP contribution in [-0.2, 0) is 13.1 Å². The summed E-state index contributed by atoms with van der Waals surface area (Å²) in [5, 5.41) is 9.25. The van der Waals surface area contributed by atoms with E-state index in [4.69, 9.17) is 5.73 Å². The lowest BCUT2D eigenvalue weighted by Gasteiger charge is -2.18. The predicted molar refractivity (Wildman–Crippen MR) is 79.4 cm³/mol. The van der Waals surface area contributed by atoms with Crippen LogP contribution >= 0.6 is 0 Å². The van der Waals surface area contributed by atoms with E-state index < -0.39 is 5.97 Å². The summed E-state index contributed by atoms with van der Waals surface area (Å²) in [4.78, 5) is 13.3. The smallest absolute Gasteiger partial charge is 0.338 e. The monoisotopic (exact) mass is 270 g/mol. The van der Waals surface area contributed by atoms with Crippen LogP contribution in [0.15, 0.2) is 48.5 Å². The Hall–Kier alpha value is -2.33. The van der Waals surface area contributed by atoms with Crippen LogP contribution in [0.5, 0.6) is 0 Å². The number of hydrogen-bond acceptors (Lipinski definition) is 3. The molecular formula is C16H18N2O2. The molecule has 0 aliphatic heterocycles. The average Bonchev–Trinajstić information content (AvgIpc) is 2.39. The molecule has 0 atom stereocenters. The van der Waals surface area contributed by atoms with E-state index in [9.17, 15) is 9.90 Å². The highest BCUT2D eigenvalue weighted by atomic mass is 16.4. The summed E-state index contributed by atoms with van der Waals surface area (Å²) in [5.41, 5.74) is 8.18. The summed E-state index contributed by atoms with van der Waals surface area (Å²) in [6, 6.07) is 15.3. The van der Waals surface area contributed by atoms with Crippen molar-refractivity contribution in [3.05, 3.63) is 65.2 Å². The van der Waals surface area contributed by atoms with Gasteiger partial charge in [0.05, 0.1) is 5.56 Å². The first kappa shape index (κ1) is 14.1. The summed E-state index contributed by atoms with van der Waals surface area (Å²) in [5.74, 6) is -0.980. The summed E-state index contributed by atoms with van der Waals surface area (Å²) >= 11 is 0. The second-order valence-electron chi connectivity index (χ2n) is 4.84. The zero-order valence-corrected chi connectivity index (χ0v) is 11.4. The lowest BCUT2D eigenvalue weighted by molar-refractivity contribution is 0.0696. The fourth-order valence-corrected chi connectivity index (χ4v) is 2.25. The summed E-state index contributed by atoms with van der Waals surface area (Å²) in [6.07, 6.45) is 0. The molecule has 2 aromatic carbocycles. The van der Waals surface area contributed by atoms with E-state index >= 15 is 0 Å². The maximum atomic E-state index is 11.3. The molecule has 0 amide bonds. The molecule has 0 aliphatic rings. The Kier molecular flexibility index (Phi) is 4.38. The van der Waals surface area contributed by atoms with Crippen LogP contribution in [0.3, 0.4) is 0 Å².